The molecule has 0 bridgehead atoms. The van der Waals surface area contributed by atoms with Gasteiger partial charge >= 0.3 is 0 Å². The molecule has 0 radical (unpaired) electrons. The number of fused-ring (bicyclic) bond motifs is 1. The number of rotatable bonds is 5. The van der Waals surface area contributed by atoms with Crippen LogP contribution in [0.15, 0.2) is 76.8 Å². The molecule has 1 atom stereocenters. The number of thioether (sulfide) groups is 1. The van der Waals surface area contributed by atoms with Crippen LogP contribution >= 0.6 is 11.8 Å². The smallest absolute Gasteiger partial charge is 0.230 e. The molecule has 156 valence electrons. The van der Waals surface area contributed by atoms with E-state index in [1.807, 2.05) is 24.3 Å². The second-order valence-corrected chi connectivity index (χ2v) is 9.87. The first-order valence-electron chi connectivity index (χ1n) is 10.9. The van der Waals surface area contributed by atoms with Crippen LogP contribution in [0.1, 0.15) is 51.9 Å². The van der Waals surface area contributed by atoms with Crippen molar-refractivity contribution in [2.45, 2.75) is 56.8 Å². The number of benzene rings is 1. The number of para-hydroxylation sites is 1. The van der Waals surface area contributed by atoms with Crippen molar-refractivity contribution in [2.75, 3.05) is 5.32 Å². The summed E-state index contributed by atoms with van der Waals surface area (Å²) in [4.78, 5) is 26.6. The van der Waals surface area contributed by atoms with Gasteiger partial charge in [-0.3, -0.25) is 9.59 Å². The van der Waals surface area contributed by atoms with Gasteiger partial charge in [-0.1, -0.05) is 80.3 Å². The Bertz CT molecular complexity index is 948. The van der Waals surface area contributed by atoms with Gasteiger partial charge in [0.15, 0.2) is 5.12 Å². The third-order valence-electron chi connectivity index (χ3n) is 6.40. The van der Waals surface area contributed by atoms with Crippen LogP contribution in [0.25, 0.3) is 0 Å². The molecule has 0 spiro atoms. The summed E-state index contributed by atoms with van der Waals surface area (Å²) in [6.45, 7) is 2.06. The molecular weight excluding hydrogens is 390 g/mol. The number of hydrogen-bond donors (Lipinski definition) is 1. The van der Waals surface area contributed by atoms with Crippen molar-refractivity contribution >= 4 is 28.5 Å². The maximum Gasteiger partial charge on any atom is 0.230 e. The molecule has 0 aromatic heterocycles. The van der Waals surface area contributed by atoms with Crippen molar-refractivity contribution in [2.24, 2.45) is 11.3 Å². The third kappa shape index (κ3) is 4.86. The van der Waals surface area contributed by atoms with Gasteiger partial charge in [0.25, 0.3) is 0 Å². The number of amides is 1. The first-order chi connectivity index (χ1) is 14.5. The third-order valence-corrected chi connectivity index (χ3v) is 7.35. The zero-order chi connectivity index (χ0) is 21.0. The van der Waals surface area contributed by atoms with E-state index in [4.69, 9.17) is 0 Å². The van der Waals surface area contributed by atoms with E-state index in [-0.39, 0.29) is 16.4 Å². The van der Waals surface area contributed by atoms with E-state index in [0.717, 1.165) is 48.3 Å². The van der Waals surface area contributed by atoms with Crippen LogP contribution in [0.2, 0.25) is 0 Å². The lowest BCUT2D eigenvalue weighted by atomic mass is 9.75. The van der Waals surface area contributed by atoms with Gasteiger partial charge in [-0.2, -0.15) is 0 Å². The molecule has 3 aliphatic rings. The van der Waals surface area contributed by atoms with E-state index in [1.54, 1.807) is 0 Å². The van der Waals surface area contributed by atoms with Gasteiger partial charge in [-0.15, -0.1) is 0 Å². The summed E-state index contributed by atoms with van der Waals surface area (Å²) in [7, 11) is 0. The summed E-state index contributed by atoms with van der Waals surface area (Å²) < 4.78 is 0. The highest BCUT2D eigenvalue weighted by molar-refractivity contribution is 8.13. The van der Waals surface area contributed by atoms with E-state index < -0.39 is 0 Å². The number of nitrogens with one attached hydrogen (secondary N) is 1. The Morgan fingerprint density at radius 3 is 2.73 bits per heavy atom. The molecule has 1 aromatic carbocycles. The van der Waals surface area contributed by atoms with Crippen molar-refractivity contribution in [3.63, 3.8) is 0 Å². The van der Waals surface area contributed by atoms with Crippen LogP contribution in [-0.4, -0.2) is 11.0 Å². The first-order valence-corrected chi connectivity index (χ1v) is 11.7. The highest BCUT2D eigenvalue weighted by Gasteiger charge is 2.34. The highest BCUT2D eigenvalue weighted by atomic mass is 32.2. The zero-order valence-corrected chi connectivity index (χ0v) is 18.3. The molecule has 1 N–H and O–H groups in total. The SMILES string of the molecule is CC1(C(=O)Nc2ccccc2SC(=O)CC2=CC=C3C=CC=CC3C2)CCCCC1. The molecule has 1 aromatic rings. The van der Waals surface area contributed by atoms with Crippen LogP contribution in [0, 0.1) is 11.3 Å². The van der Waals surface area contributed by atoms with Gasteiger partial charge in [-0.25, -0.2) is 0 Å². The lowest BCUT2D eigenvalue weighted by Gasteiger charge is -2.32. The lowest BCUT2D eigenvalue weighted by Crippen LogP contribution is -2.35. The summed E-state index contributed by atoms with van der Waals surface area (Å²) in [6.07, 6.45) is 19.3. The Morgan fingerprint density at radius 1 is 1.10 bits per heavy atom. The summed E-state index contributed by atoms with van der Waals surface area (Å²) in [6, 6.07) is 7.64. The van der Waals surface area contributed by atoms with E-state index in [2.05, 4.69) is 48.7 Å². The molecule has 0 aliphatic heterocycles. The lowest BCUT2D eigenvalue weighted by molar-refractivity contribution is -0.126. The van der Waals surface area contributed by atoms with Crippen LogP contribution in [0.4, 0.5) is 5.69 Å². The van der Waals surface area contributed by atoms with Gasteiger partial charge in [-0.05, 0) is 48.7 Å². The van der Waals surface area contributed by atoms with Crippen molar-refractivity contribution < 1.29 is 9.59 Å². The molecule has 0 heterocycles. The molecule has 4 heteroatoms. The normalized spacial score (nSPS) is 22.0. The van der Waals surface area contributed by atoms with E-state index in [1.165, 1.54) is 23.8 Å². The monoisotopic (exact) mass is 419 g/mol. The molecule has 1 fully saturated rings. The van der Waals surface area contributed by atoms with Crippen LogP contribution in [0.3, 0.4) is 0 Å². The predicted molar refractivity (Wildman–Crippen MR) is 124 cm³/mol. The molecule has 30 heavy (non-hydrogen) atoms. The fourth-order valence-corrected chi connectivity index (χ4v) is 5.37. The van der Waals surface area contributed by atoms with Gasteiger partial charge in [0.1, 0.15) is 0 Å². The molecule has 1 amide bonds. The minimum atomic E-state index is -0.307. The Kier molecular flexibility index (Phi) is 6.43. The fraction of sp³-hybridized carbons (Fsp3) is 0.385. The number of carbonyl (C=O) groups is 2. The fourth-order valence-electron chi connectivity index (χ4n) is 4.50. The minimum Gasteiger partial charge on any atom is -0.325 e. The molecular formula is C26H29NO2S. The number of carbonyl (C=O) groups excluding carboxylic acids is 2. The van der Waals surface area contributed by atoms with E-state index in [9.17, 15) is 9.59 Å². The van der Waals surface area contributed by atoms with Crippen molar-refractivity contribution in [1.82, 2.24) is 0 Å². The number of allylic oxidation sites excluding steroid dienone is 8. The first kappa shape index (κ1) is 20.9. The maximum atomic E-state index is 12.9. The van der Waals surface area contributed by atoms with Crippen LogP contribution < -0.4 is 5.32 Å². The van der Waals surface area contributed by atoms with Crippen LogP contribution in [0.5, 0.6) is 0 Å². The Balaban J connectivity index is 1.40. The van der Waals surface area contributed by atoms with E-state index in [0.29, 0.717) is 12.3 Å². The summed E-state index contributed by atoms with van der Waals surface area (Å²) in [5.41, 5.74) is 2.91. The van der Waals surface area contributed by atoms with Gasteiger partial charge in [0.2, 0.25) is 5.91 Å². The average Bonchev–Trinajstić information content (AvgIpc) is 2.75. The standard InChI is InChI=1S/C26H29NO2S/c1-26(15-7-2-8-16-26)25(29)27-22-11-5-6-12-23(22)30-24(28)18-19-13-14-20-9-3-4-10-21(20)17-19/h3-6,9-14,21H,2,7-8,15-18H2,1H3,(H,27,29). The van der Waals surface area contributed by atoms with E-state index >= 15 is 0 Å². The Labute approximate surface area is 183 Å². The second-order valence-electron chi connectivity index (χ2n) is 8.77. The molecule has 0 saturated heterocycles. The van der Waals surface area contributed by atoms with Crippen molar-refractivity contribution in [1.29, 1.82) is 0 Å². The number of hydrogen-bond acceptors (Lipinski definition) is 3. The largest absolute Gasteiger partial charge is 0.325 e. The van der Waals surface area contributed by atoms with Crippen molar-refractivity contribution in [3.8, 4) is 0 Å². The van der Waals surface area contributed by atoms with Crippen molar-refractivity contribution in [3.05, 3.63) is 71.9 Å². The highest BCUT2D eigenvalue weighted by Crippen LogP contribution is 2.38. The minimum absolute atomic E-state index is 0.0764. The predicted octanol–water partition coefficient (Wildman–Crippen LogP) is 6.60. The zero-order valence-electron chi connectivity index (χ0n) is 17.5. The summed E-state index contributed by atoms with van der Waals surface area (Å²) >= 11 is 1.23. The summed E-state index contributed by atoms with van der Waals surface area (Å²) in [5.74, 6) is 0.461. The Hall–Kier alpha value is -2.33. The molecule has 1 saturated carbocycles. The molecule has 3 nitrogen and oxygen atoms in total. The maximum absolute atomic E-state index is 12.9. The second kappa shape index (κ2) is 9.22. The quantitative estimate of drug-likeness (QED) is 0.547. The number of anilines is 1. The Morgan fingerprint density at radius 2 is 1.90 bits per heavy atom. The topological polar surface area (TPSA) is 46.2 Å². The van der Waals surface area contributed by atoms with Crippen LogP contribution in [-0.2, 0) is 9.59 Å². The molecule has 1 unspecified atom stereocenters. The molecule has 3 aliphatic carbocycles. The van der Waals surface area contributed by atoms with Gasteiger partial charge in [0, 0.05) is 22.6 Å². The van der Waals surface area contributed by atoms with Gasteiger partial charge in [0.05, 0.1) is 5.69 Å². The van der Waals surface area contributed by atoms with Gasteiger partial charge < -0.3 is 5.32 Å². The molecule has 4 rings (SSSR count). The average molecular weight is 420 g/mol. The summed E-state index contributed by atoms with van der Waals surface area (Å²) in [5, 5.41) is 3.22.